The molecule has 6 heteroatoms. The van der Waals surface area contributed by atoms with Crippen LogP contribution in [0, 0.1) is 11.8 Å². The number of Topliss-reactive ketones (excluding diaryl/α,β-unsaturated/α-hetero) is 1. The quantitative estimate of drug-likeness (QED) is 0.644. The number of benzene rings is 2. The molecule has 1 saturated carbocycles. The summed E-state index contributed by atoms with van der Waals surface area (Å²) in [6, 6.07) is 19.4. The van der Waals surface area contributed by atoms with E-state index in [1.807, 2.05) is 70.5 Å². The highest BCUT2D eigenvalue weighted by Gasteiger charge is 2.40. The zero-order valence-corrected chi connectivity index (χ0v) is 19.6. The van der Waals surface area contributed by atoms with Crippen molar-refractivity contribution in [3.05, 3.63) is 71.8 Å². The number of carbonyl (C=O) groups excluding carboxylic acids is 3. The summed E-state index contributed by atoms with van der Waals surface area (Å²) in [4.78, 5) is 44.7. The fourth-order valence-corrected chi connectivity index (χ4v) is 5.62. The van der Waals surface area contributed by atoms with Crippen LogP contribution in [0.3, 0.4) is 0 Å². The molecule has 178 valence electrons. The minimum Gasteiger partial charge on any atom is -0.339 e. The SMILES string of the molecule is O=C(c1ccccc1)C1CCC(C(=O)N2CC(N3CCN(C(=O)c4ccccc4)CC3)C2)CC1. The average molecular weight is 460 g/mol. The number of piperazine rings is 1. The Morgan fingerprint density at radius 3 is 1.74 bits per heavy atom. The maximum Gasteiger partial charge on any atom is 0.253 e. The third-order valence-corrected chi connectivity index (χ3v) is 7.82. The summed E-state index contributed by atoms with van der Waals surface area (Å²) in [6.07, 6.45) is 3.23. The van der Waals surface area contributed by atoms with E-state index < -0.39 is 0 Å². The summed E-state index contributed by atoms with van der Waals surface area (Å²) in [5, 5.41) is 0. The second kappa shape index (κ2) is 10.1. The van der Waals surface area contributed by atoms with Gasteiger partial charge in [-0.3, -0.25) is 19.3 Å². The van der Waals surface area contributed by atoms with Crippen LogP contribution >= 0.6 is 0 Å². The number of ketones is 1. The van der Waals surface area contributed by atoms with Crippen molar-refractivity contribution in [3.63, 3.8) is 0 Å². The normalized spacial score (nSPS) is 23.9. The molecule has 0 radical (unpaired) electrons. The molecular weight excluding hydrogens is 426 g/mol. The van der Waals surface area contributed by atoms with E-state index >= 15 is 0 Å². The van der Waals surface area contributed by atoms with Crippen molar-refractivity contribution in [1.29, 1.82) is 0 Å². The van der Waals surface area contributed by atoms with Crippen molar-refractivity contribution in [3.8, 4) is 0 Å². The Labute approximate surface area is 201 Å². The summed E-state index contributed by atoms with van der Waals surface area (Å²) in [5.74, 6) is 0.693. The van der Waals surface area contributed by atoms with Crippen molar-refractivity contribution in [2.45, 2.75) is 31.7 Å². The highest BCUT2D eigenvalue weighted by molar-refractivity contribution is 5.98. The number of amides is 2. The molecule has 0 bridgehead atoms. The molecule has 3 aliphatic rings. The summed E-state index contributed by atoms with van der Waals surface area (Å²) >= 11 is 0. The molecule has 0 spiro atoms. The average Bonchev–Trinajstić information content (AvgIpc) is 2.88. The Hall–Kier alpha value is -2.99. The third-order valence-electron chi connectivity index (χ3n) is 7.82. The largest absolute Gasteiger partial charge is 0.339 e. The molecule has 2 aromatic carbocycles. The van der Waals surface area contributed by atoms with Crippen molar-refractivity contribution in [1.82, 2.24) is 14.7 Å². The van der Waals surface area contributed by atoms with Crippen molar-refractivity contribution in [2.24, 2.45) is 11.8 Å². The minimum atomic E-state index is 0.0467. The Balaban J connectivity index is 1.04. The molecule has 2 heterocycles. The van der Waals surface area contributed by atoms with E-state index in [0.29, 0.717) is 6.04 Å². The first-order valence-electron chi connectivity index (χ1n) is 12.6. The maximum atomic E-state index is 13.0. The van der Waals surface area contributed by atoms with E-state index in [1.54, 1.807) is 0 Å². The maximum absolute atomic E-state index is 13.0. The second-order valence-electron chi connectivity index (χ2n) is 9.87. The molecule has 34 heavy (non-hydrogen) atoms. The lowest BCUT2D eigenvalue weighted by atomic mass is 9.78. The van der Waals surface area contributed by atoms with Crippen LogP contribution in [0.1, 0.15) is 46.4 Å². The zero-order valence-electron chi connectivity index (χ0n) is 19.6. The number of nitrogens with zero attached hydrogens (tertiary/aromatic N) is 3. The first-order chi connectivity index (χ1) is 16.6. The van der Waals surface area contributed by atoms with Crippen LogP contribution in [-0.2, 0) is 4.79 Å². The van der Waals surface area contributed by atoms with Gasteiger partial charge in [-0.05, 0) is 37.8 Å². The molecule has 3 fully saturated rings. The van der Waals surface area contributed by atoms with Crippen LogP contribution in [-0.4, -0.2) is 77.6 Å². The fraction of sp³-hybridized carbons (Fsp3) is 0.464. The van der Waals surface area contributed by atoms with E-state index in [0.717, 1.165) is 76.1 Å². The van der Waals surface area contributed by atoms with Crippen LogP contribution in [0.4, 0.5) is 0 Å². The molecule has 0 aromatic heterocycles. The Kier molecular flexibility index (Phi) is 6.77. The van der Waals surface area contributed by atoms with Gasteiger partial charge in [-0.1, -0.05) is 48.5 Å². The molecular formula is C28H33N3O3. The molecule has 1 aliphatic carbocycles. The molecule has 0 N–H and O–H groups in total. The number of hydrogen-bond acceptors (Lipinski definition) is 4. The van der Waals surface area contributed by atoms with Gasteiger partial charge in [0.15, 0.2) is 5.78 Å². The van der Waals surface area contributed by atoms with Crippen LogP contribution < -0.4 is 0 Å². The number of carbonyl (C=O) groups is 3. The number of rotatable bonds is 5. The van der Waals surface area contributed by atoms with Crippen molar-refractivity contribution >= 4 is 17.6 Å². The molecule has 2 saturated heterocycles. The first kappa shape index (κ1) is 22.8. The summed E-state index contributed by atoms with van der Waals surface area (Å²) in [7, 11) is 0. The van der Waals surface area contributed by atoms with Gasteiger partial charge in [-0.15, -0.1) is 0 Å². The highest BCUT2D eigenvalue weighted by atomic mass is 16.2. The van der Waals surface area contributed by atoms with Gasteiger partial charge in [0.2, 0.25) is 5.91 Å². The van der Waals surface area contributed by atoms with Gasteiger partial charge in [0.1, 0.15) is 0 Å². The van der Waals surface area contributed by atoms with Crippen molar-refractivity contribution in [2.75, 3.05) is 39.3 Å². The summed E-state index contributed by atoms with van der Waals surface area (Å²) in [5.41, 5.74) is 1.53. The molecule has 0 unspecified atom stereocenters. The number of hydrogen-bond donors (Lipinski definition) is 0. The lowest BCUT2D eigenvalue weighted by Gasteiger charge is -2.49. The number of likely N-dealkylation sites (tertiary alicyclic amines) is 1. The Morgan fingerprint density at radius 2 is 1.15 bits per heavy atom. The predicted octanol–water partition coefficient (Wildman–Crippen LogP) is 3.34. The van der Waals surface area contributed by atoms with Gasteiger partial charge in [-0.2, -0.15) is 0 Å². The molecule has 6 nitrogen and oxygen atoms in total. The first-order valence-corrected chi connectivity index (χ1v) is 12.6. The van der Waals surface area contributed by atoms with E-state index in [-0.39, 0.29) is 29.4 Å². The monoisotopic (exact) mass is 459 g/mol. The van der Waals surface area contributed by atoms with Crippen molar-refractivity contribution < 1.29 is 14.4 Å². The topological polar surface area (TPSA) is 60.9 Å². The zero-order chi connectivity index (χ0) is 23.5. The molecule has 5 rings (SSSR count). The van der Waals surface area contributed by atoms with Gasteiger partial charge in [0, 0.05) is 68.3 Å². The standard InChI is InChI=1S/C28H33N3O3/c32-26(21-7-3-1-4-8-21)22-11-13-24(14-12-22)28(34)31-19-25(20-31)29-15-17-30(18-16-29)27(33)23-9-5-2-6-10-23/h1-10,22,24-25H,11-20H2. The van der Waals surface area contributed by atoms with Gasteiger partial charge in [0.25, 0.3) is 5.91 Å². The molecule has 2 aliphatic heterocycles. The molecule has 2 aromatic rings. The molecule has 0 atom stereocenters. The lowest BCUT2D eigenvalue weighted by Crippen LogP contribution is -2.65. The molecule has 2 amide bonds. The van der Waals surface area contributed by atoms with Crippen LogP contribution in [0.15, 0.2) is 60.7 Å². The van der Waals surface area contributed by atoms with Crippen LogP contribution in [0.25, 0.3) is 0 Å². The van der Waals surface area contributed by atoms with E-state index in [1.165, 1.54) is 0 Å². The van der Waals surface area contributed by atoms with E-state index in [4.69, 9.17) is 0 Å². The third kappa shape index (κ3) is 4.78. The highest BCUT2D eigenvalue weighted by Crippen LogP contribution is 2.33. The van der Waals surface area contributed by atoms with Gasteiger partial charge in [0.05, 0.1) is 0 Å². The van der Waals surface area contributed by atoms with Crippen LogP contribution in [0.5, 0.6) is 0 Å². The summed E-state index contributed by atoms with van der Waals surface area (Å²) in [6.45, 7) is 4.76. The second-order valence-corrected chi connectivity index (χ2v) is 9.87. The van der Waals surface area contributed by atoms with Crippen LogP contribution in [0.2, 0.25) is 0 Å². The van der Waals surface area contributed by atoms with E-state index in [9.17, 15) is 14.4 Å². The van der Waals surface area contributed by atoms with E-state index in [2.05, 4.69) is 4.90 Å². The minimum absolute atomic E-state index is 0.0467. The van der Waals surface area contributed by atoms with Gasteiger partial charge in [-0.25, -0.2) is 0 Å². The predicted molar refractivity (Wildman–Crippen MR) is 131 cm³/mol. The Morgan fingerprint density at radius 1 is 0.618 bits per heavy atom. The Bertz CT molecular complexity index is 1000. The lowest BCUT2D eigenvalue weighted by molar-refractivity contribution is -0.144. The fourth-order valence-electron chi connectivity index (χ4n) is 5.62. The van der Waals surface area contributed by atoms with Gasteiger partial charge >= 0.3 is 0 Å². The summed E-state index contributed by atoms with van der Waals surface area (Å²) < 4.78 is 0. The van der Waals surface area contributed by atoms with Gasteiger partial charge < -0.3 is 9.80 Å². The smallest absolute Gasteiger partial charge is 0.253 e.